The highest BCUT2D eigenvalue weighted by Crippen LogP contribution is 2.28. The molecule has 1 atom stereocenters. The summed E-state index contributed by atoms with van der Waals surface area (Å²) < 4.78 is 0. The summed E-state index contributed by atoms with van der Waals surface area (Å²) in [6.45, 7) is 4.94. The molecule has 1 heterocycles. The van der Waals surface area contributed by atoms with Gasteiger partial charge in [-0.05, 0) is 49.2 Å². The minimum atomic E-state index is -1.02. The molecule has 0 aliphatic carbocycles. The number of carbonyl (C=O) groups is 2. The Morgan fingerprint density at radius 3 is 2.22 bits per heavy atom. The number of carbonyl (C=O) groups excluding carboxylic acids is 1. The molecule has 27 heavy (non-hydrogen) atoms. The van der Waals surface area contributed by atoms with Gasteiger partial charge in [0, 0.05) is 24.6 Å². The van der Waals surface area contributed by atoms with Gasteiger partial charge in [0.1, 0.15) is 6.17 Å². The second-order valence-electron chi connectivity index (χ2n) is 6.92. The number of rotatable bonds is 5. The summed E-state index contributed by atoms with van der Waals surface area (Å²) in [5, 5.41) is 10.4. The van der Waals surface area contributed by atoms with Crippen molar-refractivity contribution in [1.29, 1.82) is 0 Å². The highest BCUT2D eigenvalue weighted by molar-refractivity contribution is 5.95. The molecule has 0 fully saturated rings. The molecule has 2 aromatic rings. The maximum absolute atomic E-state index is 13.1. The topological polar surface area (TPSA) is 70.1 Å². The molecule has 1 aliphatic heterocycles. The zero-order valence-corrected chi connectivity index (χ0v) is 15.8. The highest BCUT2D eigenvalue weighted by Gasteiger charge is 2.35. The predicted octanol–water partition coefficient (Wildman–Crippen LogP) is 3.18. The number of carboxylic acid groups (broad SMARTS) is 1. The molecule has 0 bridgehead atoms. The average molecular weight is 368 g/mol. The molecule has 1 unspecified atom stereocenters. The van der Waals surface area contributed by atoms with Crippen LogP contribution in [0.1, 0.15) is 45.7 Å². The fraction of sp³-hybridized carbons (Fsp3) is 0.333. The van der Waals surface area contributed by atoms with Crippen LogP contribution in [-0.4, -0.2) is 46.3 Å². The van der Waals surface area contributed by atoms with Crippen molar-refractivity contribution < 1.29 is 19.5 Å². The predicted molar refractivity (Wildman–Crippen MR) is 101 cm³/mol. The number of carboxylic acids is 1. The van der Waals surface area contributed by atoms with Crippen molar-refractivity contribution in [2.75, 3.05) is 7.11 Å². The summed E-state index contributed by atoms with van der Waals surface area (Å²) in [7, 11) is 1.49. The monoisotopic (exact) mass is 368 g/mol. The number of amides is 1. The van der Waals surface area contributed by atoms with Crippen LogP contribution in [0.15, 0.2) is 48.5 Å². The average Bonchev–Trinajstić information content (AvgIpc) is 2.67. The third-order valence-electron chi connectivity index (χ3n) is 4.97. The lowest BCUT2D eigenvalue weighted by Gasteiger charge is -2.43. The Bertz CT molecular complexity index is 832. The van der Waals surface area contributed by atoms with Crippen LogP contribution in [0, 0.1) is 0 Å². The summed E-state index contributed by atoms with van der Waals surface area (Å²) in [6, 6.07) is 14.4. The molecule has 1 N–H and O–H groups in total. The normalized spacial score (nSPS) is 16.8. The Balaban J connectivity index is 1.90. The fourth-order valence-electron chi connectivity index (χ4n) is 3.49. The zero-order valence-electron chi connectivity index (χ0n) is 15.8. The Kier molecular flexibility index (Phi) is 5.58. The van der Waals surface area contributed by atoms with Crippen molar-refractivity contribution >= 4 is 11.9 Å². The second-order valence-corrected chi connectivity index (χ2v) is 6.92. The van der Waals surface area contributed by atoms with E-state index in [0.29, 0.717) is 12.0 Å². The maximum Gasteiger partial charge on any atom is 0.335 e. The van der Waals surface area contributed by atoms with E-state index in [1.54, 1.807) is 0 Å². The third-order valence-corrected chi connectivity index (χ3v) is 4.97. The number of hydroxylamine groups is 2. The first-order valence-electron chi connectivity index (χ1n) is 8.96. The van der Waals surface area contributed by atoms with Crippen molar-refractivity contribution in [3.63, 3.8) is 0 Å². The summed E-state index contributed by atoms with van der Waals surface area (Å²) in [4.78, 5) is 31.8. The van der Waals surface area contributed by atoms with Crippen LogP contribution in [0.3, 0.4) is 0 Å². The summed E-state index contributed by atoms with van der Waals surface area (Å²) in [6.07, 6.45) is 0.428. The number of hydrogen-bond acceptors (Lipinski definition) is 4. The van der Waals surface area contributed by atoms with Gasteiger partial charge in [0.2, 0.25) is 0 Å². The van der Waals surface area contributed by atoms with E-state index in [2.05, 4.69) is 30.9 Å². The van der Waals surface area contributed by atoms with Crippen molar-refractivity contribution in [3.05, 3.63) is 70.8 Å². The molecule has 0 spiro atoms. The van der Waals surface area contributed by atoms with Crippen LogP contribution >= 0.6 is 0 Å². The summed E-state index contributed by atoms with van der Waals surface area (Å²) in [5.74, 6) is -1.31. The molecule has 3 rings (SSSR count). The fourth-order valence-corrected chi connectivity index (χ4v) is 3.49. The second kappa shape index (κ2) is 7.90. The maximum atomic E-state index is 13.1. The van der Waals surface area contributed by atoms with Gasteiger partial charge in [-0.1, -0.05) is 24.3 Å². The van der Waals surface area contributed by atoms with E-state index >= 15 is 0 Å². The van der Waals surface area contributed by atoms with Crippen molar-refractivity contribution in [2.24, 2.45) is 0 Å². The zero-order chi connectivity index (χ0) is 19.6. The highest BCUT2D eigenvalue weighted by atomic mass is 16.7. The van der Waals surface area contributed by atoms with Crippen molar-refractivity contribution in [1.82, 2.24) is 9.96 Å². The molecule has 142 valence electrons. The van der Waals surface area contributed by atoms with Gasteiger partial charge in [-0.25, -0.2) is 4.79 Å². The van der Waals surface area contributed by atoms with E-state index < -0.39 is 5.97 Å². The number of fused-ring (bicyclic) bond motifs is 1. The quantitative estimate of drug-likeness (QED) is 0.821. The molecule has 0 saturated carbocycles. The molecule has 6 heteroatoms. The van der Waals surface area contributed by atoms with E-state index in [9.17, 15) is 9.59 Å². The van der Waals surface area contributed by atoms with Gasteiger partial charge in [-0.2, -0.15) is 5.06 Å². The van der Waals surface area contributed by atoms with Crippen LogP contribution < -0.4 is 0 Å². The lowest BCUT2D eigenvalue weighted by molar-refractivity contribution is -0.171. The lowest BCUT2D eigenvalue weighted by Crippen LogP contribution is -2.55. The van der Waals surface area contributed by atoms with Gasteiger partial charge in [-0.3, -0.25) is 14.5 Å². The van der Waals surface area contributed by atoms with E-state index in [-0.39, 0.29) is 23.7 Å². The Hall–Kier alpha value is -2.70. The van der Waals surface area contributed by atoms with Crippen LogP contribution in [0.2, 0.25) is 0 Å². The Morgan fingerprint density at radius 1 is 1.07 bits per heavy atom. The van der Waals surface area contributed by atoms with Crippen molar-refractivity contribution in [3.8, 4) is 0 Å². The van der Waals surface area contributed by atoms with E-state index in [0.717, 1.165) is 6.54 Å². The van der Waals surface area contributed by atoms with Crippen LogP contribution in [0.5, 0.6) is 0 Å². The first-order valence-corrected chi connectivity index (χ1v) is 8.96. The molecule has 1 amide bonds. The largest absolute Gasteiger partial charge is 0.478 e. The molecule has 2 aromatic carbocycles. The number of benzene rings is 2. The molecule has 1 aliphatic rings. The number of aromatic carboxylic acids is 1. The van der Waals surface area contributed by atoms with Gasteiger partial charge in [0.05, 0.1) is 12.7 Å². The van der Waals surface area contributed by atoms with Crippen LogP contribution in [0.25, 0.3) is 0 Å². The smallest absolute Gasteiger partial charge is 0.335 e. The van der Waals surface area contributed by atoms with Crippen molar-refractivity contribution in [2.45, 2.75) is 39.0 Å². The molecule has 6 nitrogen and oxygen atoms in total. The number of hydrogen-bond donors (Lipinski definition) is 1. The summed E-state index contributed by atoms with van der Waals surface area (Å²) >= 11 is 0. The lowest BCUT2D eigenvalue weighted by atomic mass is 9.96. The van der Waals surface area contributed by atoms with Gasteiger partial charge in [-0.15, -0.1) is 0 Å². The Labute approximate surface area is 158 Å². The van der Waals surface area contributed by atoms with Gasteiger partial charge >= 0.3 is 5.97 Å². The first kappa shape index (κ1) is 19.1. The standard InChI is InChI=1S/C21H24N2O4/c1-14(2)22-13-18-7-5-4-6-17(18)12-19(22)23(27-3)20(24)15-8-10-16(11-9-15)21(25)26/h4-11,14,19H,12-13H2,1-3H3,(H,25,26). The summed E-state index contributed by atoms with van der Waals surface area (Å²) in [5.41, 5.74) is 3.00. The van der Waals surface area contributed by atoms with Gasteiger partial charge in [0.25, 0.3) is 5.91 Å². The van der Waals surface area contributed by atoms with Gasteiger partial charge in [0.15, 0.2) is 0 Å². The molecule has 0 radical (unpaired) electrons. The number of nitrogens with zero attached hydrogens (tertiary/aromatic N) is 2. The van der Waals surface area contributed by atoms with E-state index in [4.69, 9.17) is 9.94 Å². The molecule has 0 saturated heterocycles. The van der Waals surface area contributed by atoms with E-state index in [1.807, 2.05) is 12.1 Å². The first-order chi connectivity index (χ1) is 12.9. The third kappa shape index (κ3) is 3.86. The molecular formula is C21H24N2O4. The van der Waals surface area contributed by atoms with Crippen LogP contribution in [0.4, 0.5) is 0 Å². The molecule has 0 aromatic heterocycles. The van der Waals surface area contributed by atoms with Crippen LogP contribution in [-0.2, 0) is 17.8 Å². The minimum absolute atomic E-state index is 0.144. The molecular weight excluding hydrogens is 344 g/mol. The van der Waals surface area contributed by atoms with E-state index in [1.165, 1.54) is 47.6 Å². The SMILES string of the molecule is CON(C(=O)c1ccc(C(=O)O)cc1)C1Cc2ccccc2CN1C(C)C. The van der Waals surface area contributed by atoms with Gasteiger partial charge < -0.3 is 5.11 Å². The minimum Gasteiger partial charge on any atom is -0.478 e. The Morgan fingerprint density at radius 2 is 1.67 bits per heavy atom.